The zero-order valence-corrected chi connectivity index (χ0v) is 14.6. The van der Waals surface area contributed by atoms with Gasteiger partial charge < -0.3 is 15.2 Å². The number of rotatable bonds is 6. The average molecular weight is 380 g/mol. The molecule has 1 fully saturated rings. The van der Waals surface area contributed by atoms with E-state index in [-0.39, 0.29) is 35.0 Å². The predicted octanol–water partition coefficient (Wildman–Crippen LogP) is 0.273. The minimum Gasteiger partial charge on any atom is -0.491 e. The minimum absolute atomic E-state index is 0.0448. The molecule has 0 saturated carbocycles. The lowest BCUT2D eigenvalue weighted by Gasteiger charge is -2.21. The monoisotopic (exact) mass is 380 g/mol. The maximum Gasteiger partial charge on any atom is 0.322 e. The summed E-state index contributed by atoms with van der Waals surface area (Å²) in [5, 5.41) is 11.9. The maximum atomic E-state index is 12.8. The summed E-state index contributed by atoms with van der Waals surface area (Å²) in [6.07, 6.45) is 0.724. The van der Waals surface area contributed by atoms with Crippen molar-refractivity contribution in [2.75, 3.05) is 19.0 Å². The van der Waals surface area contributed by atoms with E-state index in [1.165, 1.54) is 31.4 Å². The summed E-state index contributed by atoms with van der Waals surface area (Å²) in [7, 11) is -2.76. The molecule has 10 heteroatoms. The van der Waals surface area contributed by atoms with Crippen LogP contribution < -0.4 is 20.9 Å². The second kappa shape index (κ2) is 6.54. The van der Waals surface area contributed by atoms with Crippen LogP contribution >= 0.6 is 0 Å². The summed E-state index contributed by atoms with van der Waals surface area (Å²) in [6.45, 7) is 0.128. The van der Waals surface area contributed by atoms with Gasteiger partial charge in [-0.25, -0.2) is 8.42 Å². The smallest absolute Gasteiger partial charge is 0.322 e. The molecular formula is C16H16N2O7S. The molecule has 9 nitrogen and oxygen atoms in total. The second-order valence-electron chi connectivity index (χ2n) is 5.83. The van der Waals surface area contributed by atoms with E-state index in [0.717, 1.165) is 4.31 Å². The van der Waals surface area contributed by atoms with Gasteiger partial charge in [0.1, 0.15) is 11.7 Å². The fourth-order valence-corrected chi connectivity index (χ4v) is 4.67. The normalized spacial score (nSPS) is 18.1. The third-order valence-corrected chi connectivity index (χ3v) is 6.17. The largest absolute Gasteiger partial charge is 0.491 e. The lowest BCUT2D eigenvalue weighted by molar-refractivity contribution is -0.140. The van der Waals surface area contributed by atoms with Crippen molar-refractivity contribution in [1.82, 2.24) is 4.31 Å². The molecule has 3 rings (SSSR count). The molecule has 2 N–H and O–H groups in total. The molecule has 2 aromatic rings. The Kier molecular flexibility index (Phi) is 4.55. The highest BCUT2D eigenvalue weighted by Gasteiger charge is 2.39. The molecule has 1 heterocycles. The number of hydrogen-bond acceptors (Lipinski definition) is 7. The number of benzene rings is 1. The Morgan fingerprint density at radius 1 is 1.31 bits per heavy atom. The minimum atomic E-state index is -4.01. The van der Waals surface area contributed by atoms with Crippen molar-refractivity contribution in [2.24, 2.45) is 0 Å². The molecule has 1 aliphatic heterocycles. The summed E-state index contributed by atoms with van der Waals surface area (Å²) < 4.78 is 31.4. The highest BCUT2D eigenvalue weighted by atomic mass is 32.2. The Labute approximate surface area is 148 Å². The van der Waals surface area contributed by atoms with E-state index in [2.05, 4.69) is 5.32 Å². The van der Waals surface area contributed by atoms with Crippen LogP contribution in [-0.4, -0.2) is 43.5 Å². The van der Waals surface area contributed by atoms with Crippen molar-refractivity contribution in [1.29, 1.82) is 0 Å². The number of carboxylic acid groups (broad SMARTS) is 1. The fourth-order valence-electron chi connectivity index (χ4n) is 2.97. The van der Waals surface area contributed by atoms with Gasteiger partial charge in [0, 0.05) is 12.2 Å². The van der Waals surface area contributed by atoms with Crippen molar-refractivity contribution in [3.05, 3.63) is 44.7 Å². The van der Waals surface area contributed by atoms with Crippen LogP contribution in [0.1, 0.15) is 12.8 Å². The molecule has 0 amide bonds. The zero-order valence-electron chi connectivity index (χ0n) is 13.8. The summed E-state index contributed by atoms with van der Waals surface area (Å²) in [5.41, 5.74) is -1.28. The molecule has 0 bridgehead atoms. The van der Waals surface area contributed by atoms with Crippen molar-refractivity contribution in [2.45, 2.75) is 23.8 Å². The molecule has 1 saturated heterocycles. The van der Waals surface area contributed by atoms with Crippen molar-refractivity contribution >= 4 is 27.4 Å². The third kappa shape index (κ3) is 2.86. The fraction of sp³-hybridized carbons (Fsp3) is 0.312. The molecule has 2 aromatic carbocycles. The van der Waals surface area contributed by atoms with Gasteiger partial charge in [-0.3, -0.25) is 14.4 Å². The van der Waals surface area contributed by atoms with Gasteiger partial charge in [0.05, 0.1) is 12.0 Å². The first-order chi connectivity index (χ1) is 12.3. The quantitative estimate of drug-likeness (QED) is 0.683. The van der Waals surface area contributed by atoms with Gasteiger partial charge in [-0.05, 0) is 31.0 Å². The van der Waals surface area contributed by atoms with E-state index in [9.17, 15) is 27.9 Å². The Bertz CT molecular complexity index is 1040. The number of anilines is 2. The van der Waals surface area contributed by atoms with E-state index in [0.29, 0.717) is 6.42 Å². The molecule has 0 radical (unpaired) electrons. The van der Waals surface area contributed by atoms with Crippen LogP contribution in [0.4, 0.5) is 11.4 Å². The van der Waals surface area contributed by atoms with Gasteiger partial charge in [-0.15, -0.1) is 0 Å². The van der Waals surface area contributed by atoms with Crippen molar-refractivity contribution in [3.63, 3.8) is 0 Å². The summed E-state index contributed by atoms with van der Waals surface area (Å²) in [5.74, 6) is -1.30. The molecule has 1 aliphatic rings. The van der Waals surface area contributed by atoms with E-state index < -0.39 is 32.9 Å². The first kappa shape index (κ1) is 18.1. The Balaban J connectivity index is 1.92. The Morgan fingerprint density at radius 2 is 2.04 bits per heavy atom. The zero-order chi connectivity index (χ0) is 19.1. The molecule has 0 aliphatic carbocycles. The lowest BCUT2D eigenvalue weighted by Crippen LogP contribution is -2.40. The van der Waals surface area contributed by atoms with Gasteiger partial charge in [0.2, 0.25) is 10.0 Å². The van der Waals surface area contributed by atoms with Crippen LogP contribution in [0.15, 0.2) is 38.8 Å². The number of carbonyl (C=O) groups is 1. The van der Waals surface area contributed by atoms with E-state index >= 15 is 0 Å². The topological polar surface area (TPSA) is 130 Å². The predicted molar refractivity (Wildman–Crippen MR) is 92.2 cm³/mol. The maximum absolute atomic E-state index is 12.8. The number of carboxylic acids is 1. The number of ether oxygens (including phenoxy) is 1. The molecule has 1 atom stereocenters. The first-order valence-corrected chi connectivity index (χ1v) is 9.20. The standard InChI is InChI=1S/C16H16N2O7S/c1-25-15-12(13(19)14(15)20)17-9-4-2-5-10(8-9)26(23,24)18-7-3-6-11(18)16(21)22/h2,4-5,8,11,17H,3,6-7H2,1H3,(H,21,22)/t11-/m1/s1. The first-order valence-electron chi connectivity index (χ1n) is 7.76. The number of aliphatic carboxylic acids is 1. The van der Waals surface area contributed by atoms with E-state index in [4.69, 9.17) is 4.74 Å². The number of methoxy groups -OCH3 is 1. The van der Waals surface area contributed by atoms with Crippen LogP contribution in [0.25, 0.3) is 0 Å². The molecule has 0 unspecified atom stereocenters. The SMILES string of the molecule is COc1c(Nc2cccc(S(=O)(=O)N3CCC[C@@H]3C(=O)O)c2)c(=O)c1=O. The van der Waals surface area contributed by atoms with Crippen molar-refractivity contribution < 1.29 is 23.1 Å². The van der Waals surface area contributed by atoms with E-state index in [1.54, 1.807) is 0 Å². The molecule has 0 aromatic heterocycles. The van der Waals surface area contributed by atoms with Gasteiger partial charge in [0.25, 0.3) is 10.9 Å². The average Bonchev–Trinajstić information content (AvgIpc) is 3.12. The Morgan fingerprint density at radius 3 is 2.69 bits per heavy atom. The van der Waals surface area contributed by atoms with Crippen LogP contribution in [-0.2, 0) is 14.8 Å². The summed E-state index contributed by atoms with van der Waals surface area (Å²) in [6, 6.07) is 4.51. The summed E-state index contributed by atoms with van der Waals surface area (Å²) >= 11 is 0. The number of nitrogens with zero attached hydrogens (tertiary/aromatic N) is 1. The molecular weight excluding hydrogens is 364 g/mol. The van der Waals surface area contributed by atoms with E-state index in [1.807, 2.05) is 0 Å². The van der Waals surface area contributed by atoms with Crippen molar-refractivity contribution in [3.8, 4) is 5.75 Å². The second-order valence-corrected chi connectivity index (χ2v) is 7.72. The van der Waals surface area contributed by atoms with Crippen LogP contribution in [0.5, 0.6) is 5.75 Å². The lowest BCUT2D eigenvalue weighted by atomic mass is 10.2. The summed E-state index contributed by atoms with van der Waals surface area (Å²) in [4.78, 5) is 34.1. The highest BCUT2D eigenvalue weighted by molar-refractivity contribution is 7.89. The van der Waals surface area contributed by atoms with Gasteiger partial charge in [-0.1, -0.05) is 6.07 Å². The number of sulfonamides is 1. The van der Waals surface area contributed by atoms with Gasteiger partial charge in [0.15, 0.2) is 5.75 Å². The third-order valence-electron chi connectivity index (χ3n) is 4.27. The number of nitrogens with one attached hydrogen (secondary N) is 1. The highest BCUT2D eigenvalue weighted by Crippen LogP contribution is 2.29. The molecule has 0 spiro atoms. The molecule has 138 valence electrons. The molecule has 26 heavy (non-hydrogen) atoms. The van der Waals surface area contributed by atoms with Crippen LogP contribution in [0.3, 0.4) is 0 Å². The van der Waals surface area contributed by atoms with Gasteiger partial charge >= 0.3 is 5.97 Å². The Hall–Kier alpha value is -2.72. The number of hydrogen-bond donors (Lipinski definition) is 2. The van der Waals surface area contributed by atoms with Gasteiger partial charge in [-0.2, -0.15) is 4.31 Å². The van der Waals surface area contributed by atoms with Crippen LogP contribution in [0, 0.1) is 0 Å². The van der Waals surface area contributed by atoms with Crippen LogP contribution in [0.2, 0.25) is 0 Å².